The molecule has 0 aliphatic rings. The van der Waals surface area contributed by atoms with Crippen LogP contribution in [0.5, 0.6) is 0 Å². The molecule has 0 aliphatic carbocycles. The van der Waals surface area contributed by atoms with Gasteiger partial charge in [0.25, 0.3) is 0 Å². The summed E-state index contributed by atoms with van der Waals surface area (Å²) in [7, 11) is 0. The van der Waals surface area contributed by atoms with Crippen molar-refractivity contribution in [2.24, 2.45) is 0 Å². The predicted molar refractivity (Wildman–Crippen MR) is 71.6 cm³/mol. The largest absolute Gasteiger partial charge is 0.144 e. The Morgan fingerprint density at radius 2 is 2.31 bits per heavy atom. The maximum absolute atomic E-state index is 3.61. The first-order valence-corrected chi connectivity index (χ1v) is 6.83. The number of fused-ring (bicyclic) bond motifs is 1. The number of hydrogen-bond donors (Lipinski definition) is 0. The van der Waals surface area contributed by atoms with Gasteiger partial charge in [-0.1, -0.05) is 22.9 Å². The maximum Gasteiger partial charge on any atom is 0.0364 e. The van der Waals surface area contributed by atoms with E-state index in [9.17, 15) is 0 Å². The standard InChI is InChI=1S/C10H8BrIS/c1-2-6-8(11)5-9-7(10(6)12)3-4-13-9/h3-5H,2H2,1H3. The third kappa shape index (κ3) is 1.66. The fourth-order valence-corrected chi connectivity index (χ4v) is 4.80. The quantitative estimate of drug-likeness (QED) is 0.634. The molecule has 0 N–H and O–H groups in total. The Morgan fingerprint density at radius 3 is 3.00 bits per heavy atom. The van der Waals surface area contributed by atoms with Crippen LogP contribution in [0, 0.1) is 3.57 Å². The van der Waals surface area contributed by atoms with Crippen molar-refractivity contribution >= 4 is 59.9 Å². The van der Waals surface area contributed by atoms with E-state index in [0.717, 1.165) is 6.42 Å². The number of benzene rings is 1. The molecule has 0 saturated heterocycles. The SMILES string of the molecule is CCc1c(Br)cc2sccc2c1I. The summed E-state index contributed by atoms with van der Waals surface area (Å²) in [6.07, 6.45) is 1.09. The van der Waals surface area contributed by atoms with Crippen LogP contribution in [-0.2, 0) is 6.42 Å². The van der Waals surface area contributed by atoms with Crippen LogP contribution in [0.2, 0.25) is 0 Å². The molecule has 1 aromatic carbocycles. The second-order valence-corrected chi connectivity index (χ2v) is 5.72. The molecular formula is C10H8BrIS. The highest BCUT2D eigenvalue weighted by Crippen LogP contribution is 2.33. The van der Waals surface area contributed by atoms with E-state index in [1.165, 1.54) is 23.7 Å². The molecule has 3 heteroatoms. The maximum atomic E-state index is 3.61. The van der Waals surface area contributed by atoms with Crippen molar-refractivity contribution in [3.8, 4) is 0 Å². The van der Waals surface area contributed by atoms with Crippen LogP contribution in [0.4, 0.5) is 0 Å². The van der Waals surface area contributed by atoms with Crippen LogP contribution in [0.15, 0.2) is 22.0 Å². The zero-order valence-corrected chi connectivity index (χ0v) is 11.7. The Hall–Kier alpha value is 0.390. The monoisotopic (exact) mass is 366 g/mol. The summed E-state index contributed by atoms with van der Waals surface area (Å²) in [4.78, 5) is 0. The van der Waals surface area contributed by atoms with Gasteiger partial charge in [0.2, 0.25) is 0 Å². The van der Waals surface area contributed by atoms with E-state index in [1.54, 1.807) is 11.3 Å². The normalized spacial score (nSPS) is 11.0. The first-order chi connectivity index (χ1) is 6.24. The van der Waals surface area contributed by atoms with E-state index in [0.29, 0.717) is 0 Å². The average molecular weight is 367 g/mol. The highest BCUT2D eigenvalue weighted by atomic mass is 127. The fraction of sp³-hybridized carbons (Fsp3) is 0.200. The third-order valence-electron chi connectivity index (χ3n) is 2.10. The van der Waals surface area contributed by atoms with Gasteiger partial charge in [0.05, 0.1) is 0 Å². The lowest BCUT2D eigenvalue weighted by Gasteiger charge is -2.05. The second-order valence-electron chi connectivity index (χ2n) is 2.84. The molecule has 2 aromatic rings. The molecule has 0 unspecified atom stereocenters. The van der Waals surface area contributed by atoms with Gasteiger partial charge in [0.15, 0.2) is 0 Å². The summed E-state index contributed by atoms with van der Waals surface area (Å²) in [5, 5.41) is 3.55. The van der Waals surface area contributed by atoms with Gasteiger partial charge in [-0.15, -0.1) is 11.3 Å². The lowest BCUT2D eigenvalue weighted by molar-refractivity contribution is 1.12. The lowest BCUT2D eigenvalue weighted by Crippen LogP contribution is -1.88. The molecule has 0 radical (unpaired) electrons. The van der Waals surface area contributed by atoms with Gasteiger partial charge < -0.3 is 0 Å². The number of halogens is 2. The number of hydrogen-bond acceptors (Lipinski definition) is 1. The predicted octanol–water partition coefficient (Wildman–Crippen LogP) is 4.83. The highest BCUT2D eigenvalue weighted by Gasteiger charge is 2.08. The minimum absolute atomic E-state index is 1.09. The first-order valence-electron chi connectivity index (χ1n) is 4.08. The minimum Gasteiger partial charge on any atom is -0.144 e. The van der Waals surface area contributed by atoms with E-state index in [1.807, 2.05) is 0 Å². The van der Waals surface area contributed by atoms with Gasteiger partial charge in [0, 0.05) is 18.1 Å². The molecule has 2 rings (SSSR count). The van der Waals surface area contributed by atoms with Crippen LogP contribution >= 0.6 is 49.9 Å². The second kappa shape index (κ2) is 3.87. The molecule has 0 nitrogen and oxygen atoms in total. The molecule has 0 amide bonds. The molecule has 0 spiro atoms. The van der Waals surface area contributed by atoms with Crippen molar-refractivity contribution in [2.75, 3.05) is 0 Å². The first kappa shape index (κ1) is 9.93. The molecular weight excluding hydrogens is 359 g/mol. The highest BCUT2D eigenvalue weighted by molar-refractivity contribution is 14.1. The summed E-state index contributed by atoms with van der Waals surface area (Å²) in [6, 6.07) is 4.42. The van der Waals surface area contributed by atoms with Crippen molar-refractivity contribution in [1.82, 2.24) is 0 Å². The van der Waals surface area contributed by atoms with Crippen molar-refractivity contribution in [3.05, 3.63) is 31.1 Å². The lowest BCUT2D eigenvalue weighted by atomic mass is 10.1. The molecule has 1 heterocycles. The molecule has 68 valence electrons. The van der Waals surface area contributed by atoms with Gasteiger partial charge in [0.1, 0.15) is 0 Å². The average Bonchev–Trinajstić information content (AvgIpc) is 2.53. The fourth-order valence-electron chi connectivity index (χ4n) is 1.41. The Labute approximate surface area is 104 Å². The van der Waals surface area contributed by atoms with Crippen molar-refractivity contribution in [2.45, 2.75) is 13.3 Å². The zero-order valence-electron chi connectivity index (χ0n) is 7.10. The minimum atomic E-state index is 1.09. The molecule has 0 aliphatic heterocycles. The molecule has 1 aromatic heterocycles. The van der Waals surface area contributed by atoms with Gasteiger partial charge in [-0.2, -0.15) is 0 Å². The summed E-state index contributed by atoms with van der Waals surface area (Å²) in [6.45, 7) is 2.19. The third-order valence-corrected chi connectivity index (χ3v) is 4.90. The van der Waals surface area contributed by atoms with Crippen LogP contribution in [0.3, 0.4) is 0 Å². The molecule has 0 atom stereocenters. The number of rotatable bonds is 1. The molecule has 0 fully saturated rings. The zero-order chi connectivity index (χ0) is 9.42. The van der Waals surface area contributed by atoms with Gasteiger partial charge in [-0.25, -0.2) is 0 Å². The Morgan fingerprint density at radius 1 is 1.54 bits per heavy atom. The Kier molecular flexibility index (Phi) is 2.95. The summed E-state index contributed by atoms with van der Waals surface area (Å²) < 4.78 is 4.01. The molecule has 0 saturated carbocycles. The van der Waals surface area contributed by atoms with Crippen molar-refractivity contribution in [3.63, 3.8) is 0 Å². The molecule has 13 heavy (non-hydrogen) atoms. The summed E-state index contributed by atoms with van der Waals surface area (Å²) in [5.74, 6) is 0. The van der Waals surface area contributed by atoms with E-state index < -0.39 is 0 Å². The van der Waals surface area contributed by atoms with Gasteiger partial charge >= 0.3 is 0 Å². The summed E-state index contributed by atoms with van der Waals surface area (Å²) >= 11 is 7.85. The smallest absolute Gasteiger partial charge is 0.0364 e. The Bertz CT molecular complexity index is 447. The van der Waals surface area contributed by atoms with Crippen molar-refractivity contribution < 1.29 is 0 Å². The van der Waals surface area contributed by atoms with E-state index in [4.69, 9.17) is 0 Å². The van der Waals surface area contributed by atoms with Gasteiger partial charge in [-0.3, -0.25) is 0 Å². The number of thiophene rings is 1. The van der Waals surface area contributed by atoms with E-state index in [-0.39, 0.29) is 0 Å². The van der Waals surface area contributed by atoms with E-state index >= 15 is 0 Å². The van der Waals surface area contributed by atoms with Crippen LogP contribution < -0.4 is 0 Å². The van der Waals surface area contributed by atoms with Crippen LogP contribution in [-0.4, -0.2) is 0 Å². The Balaban J connectivity index is 2.85. The molecule has 0 bridgehead atoms. The van der Waals surface area contributed by atoms with Crippen LogP contribution in [0.25, 0.3) is 10.1 Å². The van der Waals surface area contributed by atoms with Crippen LogP contribution in [0.1, 0.15) is 12.5 Å². The summed E-state index contributed by atoms with van der Waals surface area (Å²) in [5.41, 5.74) is 1.42. The van der Waals surface area contributed by atoms with Crippen molar-refractivity contribution in [1.29, 1.82) is 0 Å². The van der Waals surface area contributed by atoms with Gasteiger partial charge in [-0.05, 0) is 52.1 Å². The van der Waals surface area contributed by atoms with E-state index in [2.05, 4.69) is 63.0 Å². The topological polar surface area (TPSA) is 0 Å².